The van der Waals surface area contributed by atoms with Crippen LogP contribution in [0.25, 0.3) is 0 Å². The molecule has 0 atom stereocenters. The summed E-state index contributed by atoms with van der Waals surface area (Å²) >= 11 is 7.71. The van der Waals surface area contributed by atoms with Gasteiger partial charge < -0.3 is 5.32 Å². The van der Waals surface area contributed by atoms with Crippen LogP contribution in [0.4, 0.5) is 0 Å². The third-order valence-electron chi connectivity index (χ3n) is 2.00. The van der Waals surface area contributed by atoms with Gasteiger partial charge in [0.15, 0.2) is 0 Å². The summed E-state index contributed by atoms with van der Waals surface area (Å²) in [7, 11) is 0. The van der Waals surface area contributed by atoms with Gasteiger partial charge in [-0.3, -0.25) is 4.98 Å². The first-order chi connectivity index (χ1) is 6.34. The van der Waals surface area contributed by atoms with Crippen molar-refractivity contribution in [3.8, 4) is 0 Å². The molecule has 1 aromatic rings. The van der Waals surface area contributed by atoms with Crippen LogP contribution in [0.3, 0.4) is 0 Å². The molecule has 0 amide bonds. The van der Waals surface area contributed by atoms with Gasteiger partial charge in [0, 0.05) is 30.3 Å². The third-order valence-corrected chi connectivity index (χ3v) is 3.50. The maximum atomic E-state index is 5.73. The average Bonchev–Trinajstić information content (AvgIpc) is 2.05. The predicted molar refractivity (Wildman–Crippen MR) is 57.2 cm³/mol. The maximum Gasteiger partial charge on any atom is 0.0589 e. The zero-order chi connectivity index (χ0) is 9.10. The Morgan fingerprint density at radius 2 is 2.38 bits per heavy atom. The minimum Gasteiger partial charge on any atom is -0.307 e. The minimum atomic E-state index is 0.683. The summed E-state index contributed by atoms with van der Waals surface area (Å²) in [6.45, 7) is 0.850. The van der Waals surface area contributed by atoms with Crippen molar-refractivity contribution in [2.75, 3.05) is 11.5 Å². The van der Waals surface area contributed by atoms with Gasteiger partial charge in [-0.15, -0.1) is 0 Å². The Hall–Kier alpha value is -0.250. The highest BCUT2D eigenvalue weighted by Gasteiger charge is 2.16. The molecule has 1 fully saturated rings. The van der Waals surface area contributed by atoms with Crippen LogP contribution in [0, 0.1) is 0 Å². The summed E-state index contributed by atoms with van der Waals surface area (Å²) in [5, 5.41) is 4.13. The van der Waals surface area contributed by atoms with Crippen molar-refractivity contribution in [2.45, 2.75) is 12.6 Å². The lowest BCUT2D eigenvalue weighted by Gasteiger charge is -2.25. The highest BCUT2D eigenvalue weighted by Crippen LogP contribution is 2.17. The Morgan fingerprint density at radius 3 is 2.92 bits per heavy atom. The van der Waals surface area contributed by atoms with E-state index < -0.39 is 0 Å². The monoisotopic (exact) mass is 214 g/mol. The molecule has 0 aliphatic carbocycles. The fourth-order valence-electron chi connectivity index (χ4n) is 1.11. The maximum absolute atomic E-state index is 5.73. The smallest absolute Gasteiger partial charge is 0.0589 e. The van der Waals surface area contributed by atoms with Crippen molar-refractivity contribution in [3.63, 3.8) is 0 Å². The molecule has 1 aliphatic heterocycles. The summed E-state index contributed by atoms with van der Waals surface area (Å²) in [6.07, 6.45) is 1.69. The second-order valence-electron chi connectivity index (χ2n) is 3.08. The van der Waals surface area contributed by atoms with Crippen LogP contribution in [0.15, 0.2) is 18.3 Å². The van der Waals surface area contributed by atoms with Gasteiger partial charge in [0.05, 0.1) is 10.7 Å². The molecule has 1 aliphatic rings. The van der Waals surface area contributed by atoms with E-state index in [9.17, 15) is 0 Å². The molecule has 0 bridgehead atoms. The molecule has 2 rings (SSSR count). The number of aromatic nitrogens is 1. The molecular formula is C9H11ClN2S. The average molecular weight is 215 g/mol. The van der Waals surface area contributed by atoms with Crippen LogP contribution in [-0.4, -0.2) is 22.5 Å². The third kappa shape index (κ3) is 2.59. The molecule has 70 valence electrons. The van der Waals surface area contributed by atoms with Crippen molar-refractivity contribution in [2.24, 2.45) is 0 Å². The Labute approximate surface area is 87.1 Å². The first-order valence-electron chi connectivity index (χ1n) is 4.26. The van der Waals surface area contributed by atoms with Crippen molar-refractivity contribution in [1.82, 2.24) is 10.3 Å². The number of halogens is 1. The van der Waals surface area contributed by atoms with Gasteiger partial charge in [-0.25, -0.2) is 0 Å². The summed E-state index contributed by atoms with van der Waals surface area (Å²) in [5.74, 6) is 2.46. The standard InChI is InChI=1S/C9H11ClN2S/c10-7-1-2-8(11-3-7)4-12-9-5-13-6-9/h1-3,9,12H,4-6H2. The van der Waals surface area contributed by atoms with Crippen LogP contribution in [0.5, 0.6) is 0 Å². The number of thioether (sulfide) groups is 1. The molecule has 2 nitrogen and oxygen atoms in total. The second kappa shape index (κ2) is 4.31. The van der Waals surface area contributed by atoms with Gasteiger partial charge in [0.2, 0.25) is 0 Å². The highest BCUT2D eigenvalue weighted by atomic mass is 35.5. The molecule has 4 heteroatoms. The summed E-state index contributed by atoms with van der Waals surface area (Å²) in [4.78, 5) is 4.21. The van der Waals surface area contributed by atoms with E-state index in [4.69, 9.17) is 11.6 Å². The second-order valence-corrected chi connectivity index (χ2v) is 4.59. The van der Waals surface area contributed by atoms with E-state index in [1.54, 1.807) is 6.20 Å². The summed E-state index contributed by atoms with van der Waals surface area (Å²) in [5.41, 5.74) is 1.06. The van der Waals surface area contributed by atoms with E-state index >= 15 is 0 Å². The quantitative estimate of drug-likeness (QED) is 0.833. The molecule has 2 heterocycles. The molecule has 0 saturated carbocycles. The molecule has 0 radical (unpaired) electrons. The molecule has 13 heavy (non-hydrogen) atoms. The van der Waals surface area contributed by atoms with E-state index in [0.717, 1.165) is 12.2 Å². The van der Waals surface area contributed by atoms with Crippen molar-refractivity contribution < 1.29 is 0 Å². The number of nitrogens with one attached hydrogen (secondary N) is 1. The number of hydrogen-bond donors (Lipinski definition) is 1. The predicted octanol–water partition coefficient (Wildman–Crippen LogP) is 1.94. The van der Waals surface area contributed by atoms with Crippen LogP contribution in [-0.2, 0) is 6.54 Å². The number of pyridine rings is 1. The van der Waals surface area contributed by atoms with E-state index in [-0.39, 0.29) is 0 Å². The van der Waals surface area contributed by atoms with Gasteiger partial charge in [0.1, 0.15) is 0 Å². The van der Waals surface area contributed by atoms with Crippen LogP contribution in [0.1, 0.15) is 5.69 Å². The lowest BCUT2D eigenvalue weighted by Crippen LogP contribution is -2.39. The van der Waals surface area contributed by atoms with E-state index in [0.29, 0.717) is 11.1 Å². The SMILES string of the molecule is Clc1ccc(CNC2CSC2)nc1. The Morgan fingerprint density at radius 1 is 1.54 bits per heavy atom. The molecule has 1 saturated heterocycles. The Kier molecular flexibility index (Phi) is 3.09. The summed E-state index contributed by atoms with van der Waals surface area (Å²) < 4.78 is 0. The van der Waals surface area contributed by atoms with Crippen molar-refractivity contribution >= 4 is 23.4 Å². The van der Waals surface area contributed by atoms with Gasteiger partial charge >= 0.3 is 0 Å². The Bertz CT molecular complexity index is 271. The van der Waals surface area contributed by atoms with E-state index in [1.807, 2.05) is 23.9 Å². The molecule has 0 aromatic carbocycles. The topological polar surface area (TPSA) is 24.9 Å². The lowest BCUT2D eigenvalue weighted by atomic mass is 10.3. The number of hydrogen-bond acceptors (Lipinski definition) is 3. The van der Waals surface area contributed by atoms with Gasteiger partial charge in [-0.2, -0.15) is 11.8 Å². The number of nitrogens with zero attached hydrogens (tertiary/aromatic N) is 1. The van der Waals surface area contributed by atoms with Crippen LogP contribution >= 0.6 is 23.4 Å². The van der Waals surface area contributed by atoms with E-state index in [1.165, 1.54) is 11.5 Å². The molecular weight excluding hydrogens is 204 g/mol. The molecule has 1 N–H and O–H groups in total. The van der Waals surface area contributed by atoms with Crippen LogP contribution in [0.2, 0.25) is 5.02 Å². The first kappa shape index (κ1) is 9.31. The van der Waals surface area contributed by atoms with Gasteiger partial charge in [-0.1, -0.05) is 11.6 Å². The van der Waals surface area contributed by atoms with E-state index in [2.05, 4.69) is 10.3 Å². The first-order valence-corrected chi connectivity index (χ1v) is 5.79. The zero-order valence-corrected chi connectivity index (χ0v) is 8.74. The fourth-order valence-corrected chi connectivity index (χ4v) is 1.93. The lowest BCUT2D eigenvalue weighted by molar-refractivity contribution is 0.576. The van der Waals surface area contributed by atoms with Gasteiger partial charge in [0.25, 0.3) is 0 Å². The van der Waals surface area contributed by atoms with Gasteiger partial charge in [-0.05, 0) is 12.1 Å². The summed E-state index contributed by atoms with van der Waals surface area (Å²) in [6, 6.07) is 4.52. The normalized spacial score (nSPS) is 17.0. The van der Waals surface area contributed by atoms with Crippen molar-refractivity contribution in [1.29, 1.82) is 0 Å². The van der Waals surface area contributed by atoms with Crippen molar-refractivity contribution in [3.05, 3.63) is 29.0 Å². The zero-order valence-electron chi connectivity index (χ0n) is 7.16. The highest BCUT2D eigenvalue weighted by molar-refractivity contribution is 8.00. The molecule has 0 unspecified atom stereocenters. The molecule has 1 aromatic heterocycles. The van der Waals surface area contributed by atoms with Crippen LogP contribution < -0.4 is 5.32 Å². The largest absolute Gasteiger partial charge is 0.307 e. The minimum absolute atomic E-state index is 0.683. The number of rotatable bonds is 3. The Balaban J connectivity index is 1.83. The fraction of sp³-hybridized carbons (Fsp3) is 0.444. The molecule has 0 spiro atoms.